The van der Waals surface area contributed by atoms with Crippen molar-refractivity contribution in [3.8, 4) is 34.3 Å². The third kappa shape index (κ3) is 6.72. The minimum absolute atomic E-state index is 0.129. The monoisotopic (exact) mass is 712 g/mol. The maximum absolute atomic E-state index is 13.7. The summed E-state index contributed by atoms with van der Waals surface area (Å²) in [6.07, 6.45) is -21.7. The molecule has 3 fully saturated rings. The highest BCUT2D eigenvalue weighted by molar-refractivity contribution is 5.88. The summed E-state index contributed by atoms with van der Waals surface area (Å²) < 4.78 is 39.5. The van der Waals surface area contributed by atoms with Gasteiger partial charge in [0.05, 0.1) is 19.8 Å². The summed E-state index contributed by atoms with van der Waals surface area (Å²) in [5.41, 5.74) is -1.06. The number of fused-ring (bicyclic) bond motifs is 1. The van der Waals surface area contributed by atoms with Gasteiger partial charge in [-0.15, -0.1) is 0 Å². The number of rotatable bonds is 9. The lowest BCUT2D eigenvalue weighted by molar-refractivity contribution is -0.333. The molecule has 3 aliphatic heterocycles. The molecule has 0 amide bonds. The van der Waals surface area contributed by atoms with Crippen molar-refractivity contribution in [2.75, 3.05) is 19.8 Å². The van der Waals surface area contributed by atoms with Crippen molar-refractivity contribution in [3.63, 3.8) is 0 Å². The van der Waals surface area contributed by atoms with Crippen LogP contribution in [0.5, 0.6) is 23.0 Å². The number of aliphatic hydroxyl groups excluding tert-OH is 8. The van der Waals surface area contributed by atoms with E-state index in [0.29, 0.717) is 0 Å². The Morgan fingerprint density at radius 1 is 0.700 bits per heavy atom. The van der Waals surface area contributed by atoms with Crippen molar-refractivity contribution < 1.29 is 89.0 Å². The molecule has 0 bridgehead atoms. The quantitative estimate of drug-likeness (QED) is 0.103. The second-order valence-corrected chi connectivity index (χ2v) is 12.0. The fourth-order valence-electron chi connectivity index (χ4n) is 5.93. The Morgan fingerprint density at radius 2 is 1.34 bits per heavy atom. The molecule has 19 nitrogen and oxygen atoms in total. The van der Waals surface area contributed by atoms with E-state index >= 15 is 0 Å². The van der Waals surface area contributed by atoms with Crippen LogP contribution in [0.3, 0.4) is 0 Å². The molecule has 4 heterocycles. The van der Waals surface area contributed by atoms with E-state index in [1.807, 2.05) is 0 Å². The molecule has 3 aromatic rings. The van der Waals surface area contributed by atoms with Crippen LogP contribution in [0.1, 0.15) is 0 Å². The fraction of sp³-hybridized carbons (Fsp3) is 0.516. The lowest BCUT2D eigenvalue weighted by Crippen LogP contribution is -2.62. The maximum Gasteiger partial charge on any atom is 0.239 e. The van der Waals surface area contributed by atoms with Gasteiger partial charge in [-0.3, -0.25) is 4.79 Å². The lowest BCUT2D eigenvalue weighted by atomic mass is 9.98. The summed E-state index contributed by atoms with van der Waals surface area (Å²) in [6.45, 7) is -2.07. The first-order valence-corrected chi connectivity index (χ1v) is 15.3. The number of aromatic hydroxyl groups is 3. The summed E-state index contributed by atoms with van der Waals surface area (Å²) in [5.74, 6) is -2.14. The van der Waals surface area contributed by atoms with Gasteiger partial charge in [0.25, 0.3) is 0 Å². The highest BCUT2D eigenvalue weighted by Gasteiger charge is 2.53. The van der Waals surface area contributed by atoms with Crippen molar-refractivity contribution in [1.82, 2.24) is 0 Å². The van der Waals surface area contributed by atoms with E-state index in [9.17, 15) is 61.0 Å². The summed E-state index contributed by atoms with van der Waals surface area (Å²) in [4.78, 5) is 13.7. The van der Waals surface area contributed by atoms with Crippen LogP contribution in [0.2, 0.25) is 0 Å². The molecule has 3 saturated heterocycles. The Morgan fingerprint density at radius 3 is 2.02 bits per heavy atom. The van der Waals surface area contributed by atoms with Crippen LogP contribution < -0.4 is 10.2 Å². The SMILES string of the molecule is O=c1c(OC2OC(CO)C(OC3OC(CO)C(O)C3OC3OCC(O)C(O)C3O)C(O)C2O)c(-c2ccc(O)cc2)oc2cc(O)cc(O)c12. The van der Waals surface area contributed by atoms with Gasteiger partial charge in [-0.2, -0.15) is 0 Å². The average molecular weight is 713 g/mol. The average Bonchev–Trinajstić information content (AvgIpc) is 3.38. The van der Waals surface area contributed by atoms with Crippen LogP contribution in [0, 0.1) is 0 Å². The van der Waals surface area contributed by atoms with Gasteiger partial charge in [-0.25, -0.2) is 0 Å². The second-order valence-electron chi connectivity index (χ2n) is 12.0. The summed E-state index contributed by atoms with van der Waals surface area (Å²) >= 11 is 0. The Hall–Kier alpha value is -3.67. The molecule has 13 unspecified atom stereocenters. The molecule has 2 aromatic carbocycles. The number of aliphatic hydroxyl groups is 8. The second kappa shape index (κ2) is 14.5. The van der Waals surface area contributed by atoms with Crippen molar-refractivity contribution in [2.24, 2.45) is 0 Å². The van der Waals surface area contributed by atoms with Gasteiger partial charge in [-0.1, -0.05) is 0 Å². The van der Waals surface area contributed by atoms with Crippen LogP contribution in [0.25, 0.3) is 22.3 Å². The molecule has 6 rings (SSSR count). The molecule has 0 radical (unpaired) electrons. The van der Waals surface area contributed by atoms with Crippen LogP contribution >= 0.6 is 0 Å². The predicted molar refractivity (Wildman–Crippen MR) is 161 cm³/mol. The summed E-state index contributed by atoms with van der Waals surface area (Å²) in [6, 6.07) is 7.21. The van der Waals surface area contributed by atoms with Gasteiger partial charge in [0.1, 0.15) is 89.3 Å². The number of hydrogen-bond donors (Lipinski definition) is 11. The number of phenols is 3. The summed E-state index contributed by atoms with van der Waals surface area (Å²) in [5, 5.41) is 113. The topological polar surface area (TPSA) is 308 Å². The van der Waals surface area contributed by atoms with E-state index < -0.39 is 128 Å². The normalized spacial score (nSPS) is 36.1. The van der Waals surface area contributed by atoms with Crippen molar-refractivity contribution in [1.29, 1.82) is 0 Å². The zero-order valence-electron chi connectivity index (χ0n) is 25.8. The Kier molecular flexibility index (Phi) is 10.5. The molecule has 0 aliphatic carbocycles. The Balaban J connectivity index is 1.27. The third-order valence-electron chi connectivity index (χ3n) is 8.61. The van der Waals surface area contributed by atoms with Crippen LogP contribution in [0.15, 0.2) is 45.6 Å². The van der Waals surface area contributed by atoms with Crippen LogP contribution in [-0.2, 0) is 23.7 Å². The standard InChI is InChI=1S/C31H36O19/c32-7-16-20(39)28(50-29-23(42)19(38)14(37)9-44-29)31(46-16)48-26-17(8-33)47-30(24(43)22(26)41)49-27-21(40)18-13(36)5-12(35)6-15(18)45-25(27)10-1-3-11(34)4-2-10/h1-6,14,16-17,19-20,22-24,26,28-39,41-43H,7-9H2. The minimum Gasteiger partial charge on any atom is -0.508 e. The molecule has 0 spiro atoms. The van der Waals surface area contributed by atoms with Gasteiger partial charge in [-0.05, 0) is 24.3 Å². The molecule has 11 N–H and O–H groups in total. The molecule has 13 atom stereocenters. The van der Waals surface area contributed by atoms with Crippen molar-refractivity contribution in [2.45, 2.75) is 79.9 Å². The number of ether oxygens (including phenoxy) is 6. The first-order chi connectivity index (χ1) is 23.8. The van der Waals surface area contributed by atoms with Gasteiger partial charge in [0, 0.05) is 17.7 Å². The van der Waals surface area contributed by atoms with E-state index in [1.54, 1.807) is 0 Å². The van der Waals surface area contributed by atoms with Crippen LogP contribution in [0.4, 0.5) is 0 Å². The fourth-order valence-corrected chi connectivity index (χ4v) is 5.93. The smallest absolute Gasteiger partial charge is 0.239 e. The zero-order valence-corrected chi connectivity index (χ0v) is 25.8. The van der Waals surface area contributed by atoms with E-state index in [1.165, 1.54) is 24.3 Å². The van der Waals surface area contributed by atoms with Gasteiger partial charge in [0.2, 0.25) is 17.5 Å². The predicted octanol–water partition coefficient (Wildman–Crippen LogP) is -3.32. The zero-order chi connectivity index (χ0) is 36.0. The number of phenolic OH excluding ortho intramolecular Hbond substituents is 3. The molecule has 19 heteroatoms. The lowest BCUT2D eigenvalue weighted by Gasteiger charge is -2.43. The van der Waals surface area contributed by atoms with E-state index in [-0.39, 0.29) is 22.7 Å². The van der Waals surface area contributed by atoms with E-state index in [0.717, 1.165) is 12.1 Å². The first kappa shape index (κ1) is 36.1. The molecule has 0 saturated carbocycles. The number of benzene rings is 2. The highest BCUT2D eigenvalue weighted by Crippen LogP contribution is 2.38. The van der Waals surface area contributed by atoms with Crippen LogP contribution in [-0.4, -0.2) is 156 Å². The molecule has 1 aromatic heterocycles. The molecular weight excluding hydrogens is 676 g/mol. The van der Waals surface area contributed by atoms with E-state index in [4.69, 9.17) is 32.8 Å². The van der Waals surface area contributed by atoms with Crippen molar-refractivity contribution >= 4 is 11.0 Å². The maximum atomic E-state index is 13.7. The van der Waals surface area contributed by atoms with Gasteiger partial charge >= 0.3 is 0 Å². The van der Waals surface area contributed by atoms with Gasteiger partial charge < -0.3 is 89.0 Å². The molecule has 50 heavy (non-hydrogen) atoms. The Labute approximate surface area is 280 Å². The third-order valence-corrected chi connectivity index (χ3v) is 8.61. The molecule has 274 valence electrons. The van der Waals surface area contributed by atoms with Gasteiger partial charge in [0.15, 0.2) is 18.3 Å². The first-order valence-electron chi connectivity index (χ1n) is 15.3. The van der Waals surface area contributed by atoms with E-state index in [2.05, 4.69) is 0 Å². The highest BCUT2D eigenvalue weighted by atomic mass is 16.8. The summed E-state index contributed by atoms with van der Waals surface area (Å²) in [7, 11) is 0. The molecule has 3 aliphatic rings. The number of hydrogen-bond acceptors (Lipinski definition) is 19. The van der Waals surface area contributed by atoms with Crippen molar-refractivity contribution in [3.05, 3.63) is 46.6 Å². The largest absolute Gasteiger partial charge is 0.508 e. The minimum atomic E-state index is -2.03. The Bertz CT molecular complexity index is 1700. The molecular formula is C31H36O19.